The van der Waals surface area contributed by atoms with Crippen molar-refractivity contribution in [1.82, 2.24) is 0 Å². The van der Waals surface area contributed by atoms with E-state index in [0.29, 0.717) is 0 Å². The minimum atomic E-state index is -0.652. The second-order valence-electron chi connectivity index (χ2n) is 4.88. The smallest absolute Gasteiger partial charge is 0.341 e. The minimum Gasteiger partial charge on any atom is -0.461 e. The van der Waals surface area contributed by atoms with Gasteiger partial charge in [-0.1, -0.05) is 18.2 Å². The third-order valence-electron chi connectivity index (χ3n) is 3.43. The summed E-state index contributed by atoms with van der Waals surface area (Å²) in [5.74, 6) is -0.272. The van der Waals surface area contributed by atoms with E-state index in [1.807, 2.05) is 18.2 Å². The number of esters is 1. The summed E-state index contributed by atoms with van der Waals surface area (Å²) in [7, 11) is 0. The molecule has 0 saturated carbocycles. The summed E-state index contributed by atoms with van der Waals surface area (Å²) in [4.78, 5) is 13.2. The predicted octanol–water partition coefficient (Wildman–Crippen LogP) is 3.45. The van der Waals surface area contributed by atoms with Crippen molar-refractivity contribution in [2.75, 3.05) is 18.1 Å². The Morgan fingerprint density at radius 2 is 2.14 bits per heavy atom. The van der Waals surface area contributed by atoms with Gasteiger partial charge in [-0.2, -0.15) is 0 Å². The van der Waals surface area contributed by atoms with Gasteiger partial charge in [0.15, 0.2) is 0 Å². The quantitative estimate of drug-likeness (QED) is 0.697. The fourth-order valence-corrected chi connectivity index (χ4v) is 3.55. The fourth-order valence-electron chi connectivity index (χ4n) is 2.32. The van der Waals surface area contributed by atoms with Gasteiger partial charge in [0.05, 0.1) is 12.2 Å². The molecule has 0 fully saturated rings. The zero-order valence-electron chi connectivity index (χ0n) is 11.2. The van der Waals surface area contributed by atoms with Crippen LogP contribution in [0.5, 0.6) is 0 Å². The average molecular weight is 303 g/mol. The number of hydrogen-bond acceptors (Lipinski definition) is 4. The highest BCUT2D eigenvalue weighted by Crippen LogP contribution is 2.39. The van der Waals surface area contributed by atoms with E-state index in [2.05, 4.69) is 6.07 Å². The molecule has 0 saturated heterocycles. The van der Waals surface area contributed by atoms with Gasteiger partial charge in [-0.15, -0.1) is 11.8 Å². The van der Waals surface area contributed by atoms with E-state index >= 15 is 0 Å². The Labute approximate surface area is 126 Å². The van der Waals surface area contributed by atoms with Crippen LogP contribution in [0.3, 0.4) is 0 Å². The van der Waals surface area contributed by atoms with Crippen LogP contribution >= 0.6 is 11.8 Å². The summed E-state index contributed by atoms with van der Waals surface area (Å²) in [5, 5.41) is 0. The van der Waals surface area contributed by atoms with E-state index in [1.54, 1.807) is 11.8 Å². The normalized spacial score (nSPS) is 16.5. The first-order valence-corrected chi connectivity index (χ1v) is 7.57. The number of anilines is 1. The van der Waals surface area contributed by atoms with Gasteiger partial charge >= 0.3 is 5.97 Å². The summed E-state index contributed by atoms with van der Waals surface area (Å²) in [6.45, 7) is 0.257. The molecule has 0 aliphatic carbocycles. The number of hydrogen-bond donors (Lipinski definition) is 1. The molecule has 3 nitrogen and oxygen atoms in total. The van der Waals surface area contributed by atoms with Gasteiger partial charge in [0, 0.05) is 22.3 Å². The first-order chi connectivity index (χ1) is 10.1. The maximum Gasteiger partial charge on any atom is 0.341 e. The number of ether oxygens (including phenoxy) is 1. The molecule has 5 heteroatoms. The number of carbonyl (C=O) groups excluding carboxylic acids is 1. The van der Waals surface area contributed by atoms with Crippen molar-refractivity contribution in [3.05, 3.63) is 59.4 Å². The number of thioether (sulfide) groups is 1. The molecule has 0 bridgehead atoms. The summed E-state index contributed by atoms with van der Waals surface area (Å²) in [5.41, 5.74) is 6.85. The van der Waals surface area contributed by atoms with Gasteiger partial charge in [0.25, 0.3) is 0 Å². The summed E-state index contributed by atoms with van der Waals surface area (Å²) < 4.78 is 18.9. The van der Waals surface area contributed by atoms with E-state index in [9.17, 15) is 9.18 Å². The lowest BCUT2D eigenvalue weighted by Gasteiger charge is -2.12. The third kappa shape index (κ3) is 2.88. The number of nitrogens with two attached hydrogens (primary N) is 1. The molecule has 1 aliphatic heterocycles. The average Bonchev–Trinajstić information content (AvgIpc) is 2.88. The maximum atomic E-state index is 13.7. The molecule has 0 radical (unpaired) electrons. The molecule has 1 unspecified atom stereocenters. The molecular weight excluding hydrogens is 289 g/mol. The first kappa shape index (κ1) is 13.9. The van der Waals surface area contributed by atoms with E-state index in [-0.39, 0.29) is 23.8 Å². The molecule has 1 heterocycles. The Hall–Kier alpha value is -2.01. The van der Waals surface area contributed by atoms with Crippen molar-refractivity contribution in [1.29, 1.82) is 0 Å². The van der Waals surface area contributed by atoms with Crippen molar-refractivity contribution in [3.63, 3.8) is 0 Å². The Balaban J connectivity index is 1.67. The second kappa shape index (κ2) is 5.77. The fraction of sp³-hybridized carbons (Fsp3) is 0.188. The lowest BCUT2D eigenvalue weighted by molar-refractivity contribution is 0.0482. The van der Waals surface area contributed by atoms with E-state index in [1.165, 1.54) is 22.6 Å². The lowest BCUT2D eigenvalue weighted by Crippen LogP contribution is -2.14. The highest BCUT2D eigenvalue weighted by atomic mass is 32.2. The van der Waals surface area contributed by atoms with Crippen molar-refractivity contribution >= 4 is 23.4 Å². The van der Waals surface area contributed by atoms with Crippen LogP contribution in [-0.4, -0.2) is 18.3 Å². The molecule has 2 N–H and O–H groups in total. The van der Waals surface area contributed by atoms with Crippen LogP contribution in [0, 0.1) is 5.82 Å². The zero-order valence-corrected chi connectivity index (χ0v) is 12.0. The minimum absolute atomic E-state index is 0.0804. The number of nitrogen functional groups attached to an aromatic ring is 1. The van der Waals surface area contributed by atoms with Crippen molar-refractivity contribution < 1.29 is 13.9 Å². The van der Waals surface area contributed by atoms with Crippen LogP contribution in [0.1, 0.15) is 21.8 Å². The van der Waals surface area contributed by atoms with Crippen LogP contribution in [0.4, 0.5) is 10.1 Å². The number of carbonyl (C=O) groups is 1. The van der Waals surface area contributed by atoms with Gasteiger partial charge in [0.2, 0.25) is 0 Å². The maximum absolute atomic E-state index is 13.7. The van der Waals surface area contributed by atoms with Crippen LogP contribution in [0.15, 0.2) is 47.4 Å². The molecular formula is C16H14FNO2S. The lowest BCUT2D eigenvalue weighted by atomic mass is 10.0. The monoisotopic (exact) mass is 303 g/mol. The Morgan fingerprint density at radius 1 is 1.33 bits per heavy atom. The largest absolute Gasteiger partial charge is 0.461 e. The summed E-state index contributed by atoms with van der Waals surface area (Å²) in [6.07, 6.45) is 0. The van der Waals surface area contributed by atoms with Gasteiger partial charge in [-0.05, 0) is 29.8 Å². The SMILES string of the molecule is Nc1ccc(C(=O)OCC2CSc3ccccc32)c(F)c1. The molecule has 2 aromatic rings. The predicted molar refractivity (Wildman–Crippen MR) is 81.0 cm³/mol. The van der Waals surface area contributed by atoms with Crippen LogP contribution < -0.4 is 5.73 Å². The van der Waals surface area contributed by atoms with Crippen LogP contribution in [0.2, 0.25) is 0 Å². The van der Waals surface area contributed by atoms with Crippen molar-refractivity contribution in [2.24, 2.45) is 0 Å². The van der Waals surface area contributed by atoms with Gasteiger partial charge in [0.1, 0.15) is 5.82 Å². The van der Waals surface area contributed by atoms with Crippen LogP contribution in [0.25, 0.3) is 0 Å². The van der Waals surface area contributed by atoms with Gasteiger partial charge in [-0.25, -0.2) is 9.18 Å². The summed E-state index contributed by atoms with van der Waals surface area (Å²) >= 11 is 1.75. The van der Waals surface area contributed by atoms with E-state index < -0.39 is 11.8 Å². The Bertz CT molecular complexity index is 690. The summed E-state index contributed by atoms with van der Waals surface area (Å²) in [6, 6.07) is 12.0. The Kier molecular flexibility index (Phi) is 3.84. The van der Waals surface area contributed by atoms with Crippen molar-refractivity contribution in [2.45, 2.75) is 10.8 Å². The first-order valence-electron chi connectivity index (χ1n) is 6.59. The van der Waals surface area contributed by atoms with Crippen molar-refractivity contribution in [3.8, 4) is 0 Å². The van der Waals surface area contributed by atoms with Gasteiger partial charge < -0.3 is 10.5 Å². The molecule has 3 rings (SSSR count). The van der Waals surface area contributed by atoms with Crippen LogP contribution in [-0.2, 0) is 4.74 Å². The number of fused-ring (bicyclic) bond motifs is 1. The standard InChI is InChI=1S/C16H14FNO2S/c17-14-7-11(18)5-6-13(14)16(19)20-8-10-9-21-15-4-2-1-3-12(10)15/h1-7,10H,8-9,18H2. The number of rotatable bonds is 3. The molecule has 1 atom stereocenters. The third-order valence-corrected chi connectivity index (χ3v) is 4.68. The second-order valence-corrected chi connectivity index (χ2v) is 5.95. The molecule has 0 spiro atoms. The molecule has 108 valence electrons. The topological polar surface area (TPSA) is 52.3 Å². The molecule has 2 aromatic carbocycles. The molecule has 0 aromatic heterocycles. The Morgan fingerprint density at radius 3 is 2.95 bits per heavy atom. The highest BCUT2D eigenvalue weighted by molar-refractivity contribution is 7.99. The molecule has 21 heavy (non-hydrogen) atoms. The number of benzene rings is 2. The highest BCUT2D eigenvalue weighted by Gasteiger charge is 2.24. The zero-order chi connectivity index (χ0) is 14.8. The van der Waals surface area contributed by atoms with E-state index in [4.69, 9.17) is 10.5 Å². The van der Waals surface area contributed by atoms with Gasteiger partial charge in [-0.3, -0.25) is 0 Å². The number of halogens is 1. The molecule has 1 aliphatic rings. The van der Waals surface area contributed by atoms with E-state index in [0.717, 1.165) is 11.8 Å². The molecule has 0 amide bonds.